The summed E-state index contributed by atoms with van der Waals surface area (Å²) in [6.07, 6.45) is 9.71. The zero-order valence-electron chi connectivity index (χ0n) is 13.4. The summed E-state index contributed by atoms with van der Waals surface area (Å²) in [6, 6.07) is 0. The molecule has 4 fully saturated rings. The first kappa shape index (κ1) is 14.4. The molecule has 2 heteroatoms. The topological polar surface area (TPSA) is 26.3 Å². The Kier molecular flexibility index (Phi) is 3.85. The fourth-order valence-corrected chi connectivity index (χ4v) is 5.48. The lowest BCUT2D eigenvalue weighted by molar-refractivity contribution is -0.192. The fourth-order valence-electron chi connectivity index (χ4n) is 5.48. The number of esters is 1. The number of carbonyl (C=O) groups excluding carboxylic acids is 1. The van der Waals surface area contributed by atoms with E-state index in [9.17, 15) is 4.79 Å². The van der Waals surface area contributed by atoms with Crippen molar-refractivity contribution in [1.29, 1.82) is 0 Å². The van der Waals surface area contributed by atoms with E-state index in [0.717, 1.165) is 49.9 Å². The third-order valence-electron chi connectivity index (χ3n) is 6.01. The van der Waals surface area contributed by atoms with E-state index in [2.05, 4.69) is 20.8 Å². The van der Waals surface area contributed by atoms with Gasteiger partial charge in [-0.3, -0.25) is 4.79 Å². The maximum atomic E-state index is 12.6. The Hall–Kier alpha value is -0.530. The highest BCUT2D eigenvalue weighted by Gasteiger charge is 2.53. The molecule has 114 valence electrons. The summed E-state index contributed by atoms with van der Waals surface area (Å²) < 4.78 is 6.19. The zero-order chi connectivity index (χ0) is 14.3. The van der Waals surface area contributed by atoms with Gasteiger partial charge in [0.2, 0.25) is 0 Å². The SMILES string of the molecule is CCCC(C(=O)OC12CC3CC(CC(C3)C1)C2)C(C)C. The summed E-state index contributed by atoms with van der Waals surface area (Å²) in [6.45, 7) is 6.47. The maximum Gasteiger partial charge on any atom is 0.309 e. The minimum Gasteiger partial charge on any atom is -0.459 e. The summed E-state index contributed by atoms with van der Waals surface area (Å²) in [5.74, 6) is 3.14. The quantitative estimate of drug-likeness (QED) is 0.689. The van der Waals surface area contributed by atoms with E-state index in [4.69, 9.17) is 4.74 Å². The van der Waals surface area contributed by atoms with Crippen molar-refractivity contribution in [3.8, 4) is 0 Å². The fraction of sp³-hybridized carbons (Fsp3) is 0.944. The third-order valence-corrected chi connectivity index (χ3v) is 6.01. The number of ether oxygens (including phenoxy) is 1. The van der Waals surface area contributed by atoms with Crippen molar-refractivity contribution in [2.45, 2.75) is 77.7 Å². The monoisotopic (exact) mass is 278 g/mol. The normalized spacial score (nSPS) is 40.1. The number of hydrogen-bond acceptors (Lipinski definition) is 2. The van der Waals surface area contributed by atoms with Crippen LogP contribution < -0.4 is 0 Å². The third kappa shape index (κ3) is 2.63. The van der Waals surface area contributed by atoms with E-state index in [1.54, 1.807) is 0 Å². The number of rotatable bonds is 5. The Morgan fingerprint density at radius 1 is 1.10 bits per heavy atom. The molecule has 0 spiro atoms. The van der Waals surface area contributed by atoms with Crippen molar-refractivity contribution in [2.24, 2.45) is 29.6 Å². The predicted octanol–water partition coefficient (Wildman–Crippen LogP) is 4.57. The highest BCUT2D eigenvalue weighted by atomic mass is 16.6. The van der Waals surface area contributed by atoms with Gasteiger partial charge in [0.1, 0.15) is 5.60 Å². The van der Waals surface area contributed by atoms with Gasteiger partial charge in [0, 0.05) is 0 Å². The van der Waals surface area contributed by atoms with Crippen molar-refractivity contribution < 1.29 is 9.53 Å². The van der Waals surface area contributed by atoms with Crippen LogP contribution in [0.15, 0.2) is 0 Å². The van der Waals surface area contributed by atoms with Gasteiger partial charge in [-0.2, -0.15) is 0 Å². The van der Waals surface area contributed by atoms with Gasteiger partial charge in [-0.15, -0.1) is 0 Å². The molecule has 0 N–H and O–H groups in total. The minimum absolute atomic E-state index is 0.0628. The van der Waals surface area contributed by atoms with Crippen LogP contribution in [-0.2, 0) is 9.53 Å². The van der Waals surface area contributed by atoms with Gasteiger partial charge in [0.05, 0.1) is 5.92 Å². The molecule has 4 saturated carbocycles. The second-order valence-electron chi connectivity index (χ2n) is 8.16. The predicted molar refractivity (Wildman–Crippen MR) is 80.2 cm³/mol. The molecule has 0 aromatic heterocycles. The molecule has 20 heavy (non-hydrogen) atoms. The average Bonchev–Trinajstić information content (AvgIpc) is 2.32. The standard InChI is InChI=1S/C18H30O2/c1-4-5-16(12(2)3)17(19)20-18-9-13-6-14(10-18)8-15(7-13)11-18/h12-16H,4-11H2,1-3H3. The molecular weight excluding hydrogens is 248 g/mol. The summed E-state index contributed by atoms with van der Waals surface area (Å²) >= 11 is 0. The highest BCUT2D eigenvalue weighted by molar-refractivity contribution is 5.73. The molecule has 4 aliphatic rings. The Morgan fingerprint density at radius 3 is 2.00 bits per heavy atom. The Labute approximate surface area is 123 Å². The lowest BCUT2D eigenvalue weighted by Crippen LogP contribution is -2.53. The molecule has 4 bridgehead atoms. The van der Waals surface area contributed by atoms with Crippen molar-refractivity contribution >= 4 is 5.97 Å². The van der Waals surface area contributed by atoms with E-state index < -0.39 is 0 Å². The average molecular weight is 278 g/mol. The van der Waals surface area contributed by atoms with Crippen LogP contribution in [0.1, 0.15) is 72.1 Å². The van der Waals surface area contributed by atoms with Gasteiger partial charge in [-0.1, -0.05) is 27.2 Å². The van der Waals surface area contributed by atoms with Crippen LogP contribution in [0.4, 0.5) is 0 Å². The highest BCUT2D eigenvalue weighted by Crippen LogP contribution is 2.57. The number of hydrogen-bond donors (Lipinski definition) is 0. The molecule has 0 amide bonds. The molecule has 0 saturated heterocycles. The molecule has 0 aromatic carbocycles. The lowest BCUT2D eigenvalue weighted by Gasteiger charge is -2.56. The van der Waals surface area contributed by atoms with Crippen molar-refractivity contribution in [1.82, 2.24) is 0 Å². The van der Waals surface area contributed by atoms with Crippen molar-refractivity contribution in [3.05, 3.63) is 0 Å². The molecular formula is C18H30O2. The zero-order valence-corrected chi connectivity index (χ0v) is 13.4. The molecule has 0 aliphatic heterocycles. The Morgan fingerprint density at radius 2 is 1.60 bits per heavy atom. The smallest absolute Gasteiger partial charge is 0.309 e. The van der Waals surface area contributed by atoms with E-state index in [0.29, 0.717) is 5.92 Å². The largest absolute Gasteiger partial charge is 0.459 e. The first-order chi connectivity index (χ1) is 9.51. The van der Waals surface area contributed by atoms with E-state index in [1.165, 1.54) is 19.3 Å². The van der Waals surface area contributed by atoms with Gasteiger partial charge < -0.3 is 4.74 Å². The molecule has 2 nitrogen and oxygen atoms in total. The first-order valence-corrected chi connectivity index (χ1v) is 8.74. The van der Waals surface area contributed by atoms with Crippen LogP contribution in [0.3, 0.4) is 0 Å². The summed E-state index contributed by atoms with van der Waals surface area (Å²) in [5.41, 5.74) is -0.0628. The number of carbonyl (C=O) groups is 1. The lowest BCUT2D eigenvalue weighted by atomic mass is 9.54. The van der Waals surface area contributed by atoms with Crippen LogP contribution in [0, 0.1) is 29.6 Å². The van der Waals surface area contributed by atoms with Gasteiger partial charge >= 0.3 is 5.97 Å². The molecule has 1 atom stereocenters. The maximum absolute atomic E-state index is 12.6. The molecule has 1 unspecified atom stereocenters. The van der Waals surface area contributed by atoms with E-state index >= 15 is 0 Å². The van der Waals surface area contributed by atoms with Crippen LogP contribution in [0.25, 0.3) is 0 Å². The minimum atomic E-state index is -0.0628. The van der Waals surface area contributed by atoms with Gasteiger partial charge in [0.15, 0.2) is 0 Å². The Bertz CT molecular complexity index is 336. The van der Waals surface area contributed by atoms with Gasteiger partial charge in [0.25, 0.3) is 0 Å². The van der Waals surface area contributed by atoms with Gasteiger partial charge in [-0.25, -0.2) is 0 Å². The summed E-state index contributed by atoms with van der Waals surface area (Å²) in [5, 5.41) is 0. The van der Waals surface area contributed by atoms with E-state index in [1.807, 2.05) is 0 Å². The second kappa shape index (κ2) is 5.35. The van der Waals surface area contributed by atoms with E-state index in [-0.39, 0.29) is 17.5 Å². The van der Waals surface area contributed by atoms with Crippen molar-refractivity contribution in [3.63, 3.8) is 0 Å². The van der Waals surface area contributed by atoms with Crippen molar-refractivity contribution in [2.75, 3.05) is 0 Å². The van der Waals surface area contributed by atoms with Crippen LogP contribution in [-0.4, -0.2) is 11.6 Å². The second-order valence-corrected chi connectivity index (χ2v) is 8.16. The molecule has 0 radical (unpaired) electrons. The summed E-state index contributed by atoms with van der Waals surface area (Å²) in [4.78, 5) is 12.6. The van der Waals surface area contributed by atoms with Crippen LogP contribution in [0.2, 0.25) is 0 Å². The summed E-state index contributed by atoms with van der Waals surface area (Å²) in [7, 11) is 0. The molecule has 4 rings (SSSR count). The first-order valence-electron chi connectivity index (χ1n) is 8.74. The van der Waals surface area contributed by atoms with Gasteiger partial charge in [-0.05, 0) is 68.6 Å². The molecule has 4 aliphatic carbocycles. The molecule has 0 heterocycles. The molecule has 0 aromatic rings. The van der Waals surface area contributed by atoms with Crippen LogP contribution in [0.5, 0.6) is 0 Å². The van der Waals surface area contributed by atoms with Crippen LogP contribution >= 0.6 is 0 Å². The Balaban J connectivity index is 1.69.